The average molecular weight is 717 g/mol. The first-order valence-corrected chi connectivity index (χ1v) is 18.2. The van der Waals surface area contributed by atoms with Gasteiger partial charge in [-0.1, -0.05) is 152 Å². The van der Waals surface area contributed by atoms with Crippen molar-refractivity contribution in [2.75, 3.05) is 4.90 Å². The fourth-order valence-electron chi connectivity index (χ4n) is 7.36. The Morgan fingerprint density at radius 2 is 0.824 bits per heavy atom. The molecule has 0 fully saturated rings. The summed E-state index contributed by atoms with van der Waals surface area (Å²) >= 11 is 4.03. The van der Waals surface area contributed by atoms with Crippen LogP contribution in [0.15, 0.2) is 194 Å². The molecule has 0 amide bonds. The Labute approximate surface area is 307 Å². The molecule has 0 atom stereocenters. The molecule has 0 unspecified atom stereocenters. The maximum atomic E-state index is 4.03. The van der Waals surface area contributed by atoms with Crippen LogP contribution in [0.25, 0.3) is 54.2 Å². The van der Waals surface area contributed by atoms with Crippen molar-refractivity contribution in [1.29, 1.82) is 0 Å². The molecular formula is C49H34BrN. The van der Waals surface area contributed by atoms with Crippen LogP contribution in [0.3, 0.4) is 0 Å². The van der Waals surface area contributed by atoms with Crippen molar-refractivity contribution in [1.82, 2.24) is 0 Å². The summed E-state index contributed by atoms with van der Waals surface area (Å²) in [5, 5.41) is 2.57. The maximum absolute atomic E-state index is 4.03. The number of benzene rings is 8. The number of fused-ring (bicyclic) bond motifs is 2. The molecule has 1 aliphatic rings. The molecule has 0 saturated heterocycles. The highest BCUT2D eigenvalue weighted by atomic mass is 79.9. The maximum Gasteiger partial charge on any atom is 0.0462 e. The lowest BCUT2D eigenvalue weighted by atomic mass is 9.97. The van der Waals surface area contributed by atoms with E-state index in [1.54, 1.807) is 0 Å². The summed E-state index contributed by atoms with van der Waals surface area (Å²) in [5.74, 6) is 0. The zero-order chi connectivity index (χ0) is 34.1. The summed E-state index contributed by atoms with van der Waals surface area (Å²) in [7, 11) is 0. The molecule has 0 N–H and O–H groups in total. The fourth-order valence-corrected chi connectivity index (χ4v) is 8.09. The predicted octanol–water partition coefficient (Wildman–Crippen LogP) is 14.1. The smallest absolute Gasteiger partial charge is 0.0462 e. The quantitative estimate of drug-likeness (QED) is 0.159. The predicted molar refractivity (Wildman–Crippen MR) is 221 cm³/mol. The molecule has 0 radical (unpaired) electrons. The monoisotopic (exact) mass is 715 g/mol. The second-order valence-electron chi connectivity index (χ2n) is 13.1. The van der Waals surface area contributed by atoms with Gasteiger partial charge in [0.05, 0.1) is 0 Å². The largest absolute Gasteiger partial charge is 0.311 e. The minimum Gasteiger partial charge on any atom is -0.311 e. The van der Waals surface area contributed by atoms with E-state index in [-0.39, 0.29) is 0 Å². The normalized spacial score (nSPS) is 12.3. The van der Waals surface area contributed by atoms with E-state index in [4.69, 9.17) is 0 Å². The third-order valence-corrected chi connectivity index (χ3v) is 10.9. The van der Waals surface area contributed by atoms with Gasteiger partial charge in [-0.3, -0.25) is 0 Å². The highest BCUT2D eigenvalue weighted by Crippen LogP contribution is 2.45. The minimum atomic E-state index is 0.921. The SMILES string of the molecule is BrC1=C(c2cccc3ccccc23)Cc2ccc(-c3ccc(N(c4ccc(-c5ccccc5)cc4)c4ccc(-c5ccccc5)cc4)cc3)cc21. The first-order chi connectivity index (χ1) is 25.2. The summed E-state index contributed by atoms with van der Waals surface area (Å²) in [6.07, 6.45) is 0.921. The second-order valence-corrected chi connectivity index (χ2v) is 13.9. The number of anilines is 3. The van der Waals surface area contributed by atoms with Gasteiger partial charge in [0.25, 0.3) is 0 Å². The van der Waals surface area contributed by atoms with E-state index in [1.165, 1.54) is 70.9 Å². The Balaban J connectivity index is 1.06. The fraction of sp³-hybridized carbons (Fsp3) is 0.0204. The zero-order valence-corrected chi connectivity index (χ0v) is 29.6. The number of hydrogen-bond donors (Lipinski definition) is 0. The van der Waals surface area contributed by atoms with Gasteiger partial charge in [0.15, 0.2) is 0 Å². The minimum absolute atomic E-state index is 0.921. The lowest BCUT2D eigenvalue weighted by Crippen LogP contribution is -2.09. The molecule has 0 aromatic heterocycles. The number of halogens is 1. The Bertz CT molecular complexity index is 2430. The van der Waals surface area contributed by atoms with Gasteiger partial charge in [-0.25, -0.2) is 0 Å². The molecule has 0 bridgehead atoms. The van der Waals surface area contributed by atoms with E-state index in [1.807, 2.05) is 0 Å². The average Bonchev–Trinajstić information content (AvgIpc) is 3.54. The van der Waals surface area contributed by atoms with Crippen molar-refractivity contribution < 1.29 is 0 Å². The van der Waals surface area contributed by atoms with Crippen LogP contribution in [0.4, 0.5) is 17.1 Å². The topological polar surface area (TPSA) is 3.24 Å². The highest BCUT2D eigenvalue weighted by molar-refractivity contribution is 9.15. The van der Waals surface area contributed by atoms with Crippen LogP contribution in [-0.4, -0.2) is 0 Å². The van der Waals surface area contributed by atoms with E-state index in [9.17, 15) is 0 Å². The number of hydrogen-bond acceptors (Lipinski definition) is 1. The summed E-state index contributed by atoms with van der Waals surface area (Å²) in [4.78, 5) is 2.34. The molecule has 0 spiro atoms. The number of rotatable bonds is 7. The molecule has 8 aromatic carbocycles. The highest BCUT2D eigenvalue weighted by Gasteiger charge is 2.23. The van der Waals surface area contributed by atoms with Gasteiger partial charge in [0, 0.05) is 21.5 Å². The summed E-state index contributed by atoms with van der Waals surface area (Å²) in [6, 6.07) is 70.0. The van der Waals surface area contributed by atoms with Crippen molar-refractivity contribution in [2.24, 2.45) is 0 Å². The molecule has 0 heterocycles. The zero-order valence-electron chi connectivity index (χ0n) is 28.0. The molecule has 2 heteroatoms. The molecular weight excluding hydrogens is 682 g/mol. The summed E-state index contributed by atoms with van der Waals surface area (Å²) in [5.41, 5.74) is 15.9. The molecule has 1 aliphatic carbocycles. The van der Waals surface area contributed by atoms with E-state index in [0.717, 1.165) is 23.5 Å². The third kappa shape index (κ3) is 5.98. The van der Waals surface area contributed by atoms with E-state index in [0.29, 0.717) is 0 Å². The Morgan fingerprint density at radius 1 is 0.373 bits per heavy atom. The third-order valence-electron chi connectivity index (χ3n) is 10.0. The van der Waals surface area contributed by atoms with Gasteiger partial charge >= 0.3 is 0 Å². The van der Waals surface area contributed by atoms with Crippen LogP contribution in [0.2, 0.25) is 0 Å². The molecule has 242 valence electrons. The standard InChI is InChI=1S/C49H34BrN/c50-49-47-32-40(18-19-41(47)33-48(49)46-17-9-15-39-14-7-8-16-45(39)46)38-24-30-44(31-25-38)51(42-26-20-36(21-27-42)34-10-3-1-4-11-34)43-28-22-37(23-29-43)35-12-5-2-6-13-35/h1-32H,33H2. The van der Waals surface area contributed by atoms with Gasteiger partial charge in [-0.05, 0) is 131 Å². The molecule has 9 rings (SSSR count). The van der Waals surface area contributed by atoms with Gasteiger partial charge < -0.3 is 4.90 Å². The Kier molecular flexibility index (Phi) is 8.16. The summed E-state index contributed by atoms with van der Waals surface area (Å²) < 4.78 is 1.19. The second kappa shape index (κ2) is 13.4. The molecule has 0 saturated carbocycles. The Morgan fingerprint density at radius 3 is 1.39 bits per heavy atom. The number of nitrogens with zero attached hydrogens (tertiary/aromatic N) is 1. The van der Waals surface area contributed by atoms with Crippen LogP contribution < -0.4 is 4.90 Å². The lowest BCUT2D eigenvalue weighted by Gasteiger charge is -2.26. The van der Waals surface area contributed by atoms with Gasteiger partial charge in [0.2, 0.25) is 0 Å². The van der Waals surface area contributed by atoms with Crippen molar-refractivity contribution in [3.63, 3.8) is 0 Å². The van der Waals surface area contributed by atoms with Crippen molar-refractivity contribution in [2.45, 2.75) is 6.42 Å². The lowest BCUT2D eigenvalue weighted by molar-refractivity contribution is 1.28. The molecule has 51 heavy (non-hydrogen) atoms. The first-order valence-electron chi connectivity index (χ1n) is 17.4. The van der Waals surface area contributed by atoms with Crippen LogP contribution in [0.5, 0.6) is 0 Å². The van der Waals surface area contributed by atoms with E-state index >= 15 is 0 Å². The van der Waals surface area contributed by atoms with Crippen molar-refractivity contribution in [3.05, 3.63) is 211 Å². The van der Waals surface area contributed by atoms with Gasteiger partial charge in [0.1, 0.15) is 0 Å². The van der Waals surface area contributed by atoms with Crippen LogP contribution in [0.1, 0.15) is 16.7 Å². The molecule has 8 aromatic rings. The van der Waals surface area contributed by atoms with Crippen molar-refractivity contribution >= 4 is 53.8 Å². The van der Waals surface area contributed by atoms with Crippen LogP contribution >= 0.6 is 15.9 Å². The Hall–Kier alpha value is -5.96. The van der Waals surface area contributed by atoms with Crippen molar-refractivity contribution in [3.8, 4) is 33.4 Å². The van der Waals surface area contributed by atoms with Gasteiger partial charge in [-0.15, -0.1) is 0 Å². The molecule has 0 aliphatic heterocycles. The van der Waals surface area contributed by atoms with E-state index < -0.39 is 0 Å². The van der Waals surface area contributed by atoms with Crippen LogP contribution in [0, 0.1) is 0 Å². The van der Waals surface area contributed by atoms with Crippen LogP contribution in [-0.2, 0) is 6.42 Å². The summed E-state index contributed by atoms with van der Waals surface area (Å²) in [6.45, 7) is 0. The number of allylic oxidation sites excluding steroid dienone is 1. The van der Waals surface area contributed by atoms with E-state index in [2.05, 4.69) is 215 Å². The van der Waals surface area contributed by atoms with Gasteiger partial charge in [-0.2, -0.15) is 0 Å². The first kappa shape index (κ1) is 31.1. The molecule has 1 nitrogen and oxygen atoms in total.